The first kappa shape index (κ1) is 27.1. The molecular weight excluding hydrogens is 565 g/mol. The largest absolute Gasteiger partial charge is 0.495 e. The zero-order valence-corrected chi connectivity index (χ0v) is 23.7. The van der Waals surface area contributed by atoms with Crippen LogP contribution in [0, 0.1) is 0 Å². The number of imidazole rings is 1. The summed E-state index contributed by atoms with van der Waals surface area (Å²) in [5.74, 6) is 1.16. The number of hydrogen-bond acceptors (Lipinski definition) is 10. The second kappa shape index (κ2) is 10.6. The highest BCUT2D eigenvalue weighted by atomic mass is 35.5. The van der Waals surface area contributed by atoms with Gasteiger partial charge in [-0.25, -0.2) is 18.9 Å². The molecule has 0 aliphatic rings. The highest BCUT2D eigenvalue weighted by Crippen LogP contribution is 2.46. The van der Waals surface area contributed by atoms with E-state index in [1.807, 2.05) is 13.2 Å². The summed E-state index contributed by atoms with van der Waals surface area (Å²) >= 11 is 13.4. The molecule has 39 heavy (non-hydrogen) atoms. The Morgan fingerprint density at radius 1 is 1.05 bits per heavy atom. The SMILES string of the molecule is COc1ccc(Cl)c(N(Cc2nccn2S(O)(O)N(C)C)c2ccc3ncc(-c4cnn(C)c4)nc3n2)c1Cl. The Kier molecular flexibility index (Phi) is 7.37. The highest BCUT2D eigenvalue weighted by molar-refractivity contribution is 8.20. The maximum Gasteiger partial charge on any atom is 0.180 e. The lowest BCUT2D eigenvalue weighted by atomic mass is 10.2. The van der Waals surface area contributed by atoms with E-state index in [1.54, 1.807) is 60.3 Å². The van der Waals surface area contributed by atoms with Crippen molar-refractivity contribution in [3.05, 3.63) is 71.1 Å². The first-order valence-corrected chi connectivity index (χ1v) is 13.7. The molecule has 15 heteroatoms. The maximum absolute atomic E-state index is 10.8. The number of anilines is 2. The molecule has 12 nitrogen and oxygen atoms in total. The van der Waals surface area contributed by atoms with Crippen LogP contribution in [0.2, 0.25) is 10.0 Å². The number of halogens is 2. The van der Waals surface area contributed by atoms with Gasteiger partial charge in [-0.3, -0.25) is 18.8 Å². The number of fused-ring (bicyclic) bond motifs is 1. The first-order valence-electron chi connectivity index (χ1n) is 11.5. The predicted molar refractivity (Wildman–Crippen MR) is 153 cm³/mol. The molecule has 0 aliphatic carbocycles. The average molecular weight is 590 g/mol. The van der Waals surface area contributed by atoms with Crippen molar-refractivity contribution in [2.75, 3.05) is 26.1 Å². The van der Waals surface area contributed by atoms with Crippen LogP contribution in [0.1, 0.15) is 5.82 Å². The van der Waals surface area contributed by atoms with Gasteiger partial charge in [0.2, 0.25) is 0 Å². The Hall–Kier alpha value is -3.46. The Labute approximate surface area is 236 Å². The van der Waals surface area contributed by atoms with Crippen molar-refractivity contribution >= 4 is 56.8 Å². The molecular formula is C24H25Cl2N9O3S. The standard InChI is InChI=1S/C24H25Cl2N9O3S/c1-32(2)39(36,37)35-10-9-27-21(35)14-34(23-16(25)5-7-19(38-4)22(23)26)20-8-6-17-24(31-20)30-18(12-28-17)15-11-29-33(3)13-15/h5-13,36-37H,14H2,1-4H3. The molecule has 0 saturated heterocycles. The molecule has 0 radical (unpaired) electrons. The number of nitrogens with zero attached hydrogens (tertiary/aromatic N) is 9. The average Bonchev–Trinajstić information content (AvgIpc) is 3.57. The van der Waals surface area contributed by atoms with Gasteiger partial charge < -0.3 is 9.64 Å². The lowest BCUT2D eigenvalue weighted by Crippen LogP contribution is -2.28. The minimum atomic E-state index is -3.36. The van der Waals surface area contributed by atoms with Crippen LogP contribution < -0.4 is 9.64 Å². The molecule has 5 aromatic rings. The van der Waals surface area contributed by atoms with Crippen molar-refractivity contribution in [3.8, 4) is 17.0 Å². The topological polar surface area (TPSA) is 130 Å². The molecule has 4 heterocycles. The zero-order chi connectivity index (χ0) is 27.9. The van der Waals surface area contributed by atoms with Crippen LogP contribution >= 0.6 is 34.2 Å². The molecule has 0 atom stereocenters. The van der Waals surface area contributed by atoms with Crippen molar-refractivity contribution in [2.45, 2.75) is 6.54 Å². The minimum absolute atomic E-state index is 0.0253. The monoisotopic (exact) mass is 589 g/mol. The second-order valence-electron chi connectivity index (χ2n) is 8.64. The third-order valence-electron chi connectivity index (χ3n) is 5.92. The lowest BCUT2D eigenvalue weighted by Gasteiger charge is -2.40. The van der Waals surface area contributed by atoms with Crippen molar-refractivity contribution in [1.82, 2.24) is 38.0 Å². The van der Waals surface area contributed by atoms with Gasteiger partial charge in [0.05, 0.1) is 42.5 Å². The number of ether oxygens (including phenoxy) is 1. The van der Waals surface area contributed by atoms with E-state index in [4.69, 9.17) is 37.9 Å². The first-order chi connectivity index (χ1) is 18.6. The summed E-state index contributed by atoms with van der Waals surface area (Å²) in [5.41, 5.74) is 2.77. The zero-order valence-electron chi connectivity index (χ0n) is 21.4. The smallest absolute Gasteiger partial charge is 0.180 e. The number of rotatable bonds is 8. The number of hydrogen-bond donors (Lipinski definition) is 2. The van der Waals surface area contributed by atoms with Crippen molar-refractivity contribution in [1.29, 1.82) is 0 Å². The second-order valence-corrected chi connectivity index (χ2v) is 11.5. The van der Waals surface area contributed by atoms with Gasteiger partial charge in [0.15, 0.2) is 5.65 Å². The summed E-state index contributed by atoms with van der Waals surface area (Å²) in [6.45, 7) is 0.0253. The summed E-state index contributed by atoms with van der Waals surface area (Å²) in [7, 11) is 3.10. The van der Waals surface area contributed by atoms with E-state index < -0.39 is 11.0 Å². The summed E-state index contributed by atoms with van der Waals surface area (Å²) in [4.78, 5) is 20.1. The fourth-order valence-corrected chi connectivity index (χ4v) is 5.52. The number of methoxy groups -OCH3 is 1. The highest BCUT2D eigenvalue weighted by Gasteiger charge is 2.27. The molecule has 0 aliphatic heterocycles. The van der Waals surface area contributed by atoms with Gasteiger partial charge in [0, 0.05) is 45.3 Å². The van der Waals surface area contributed by atoms with E-state index in [9.17, 15) is 9.11 Å². The van der Waals surface area contributed by atoms with Gasteiger partial charge in [0.25, 0.3) is 0 Å². The summed E-state index contributed by atoms with van der Waals surface area (Å²) < 4.78 is 31.4. The van der Waals surface area contributed by atoms with E-state index >= 15 is 0 Å². The van der Waals surface area contributed by atoms with E-state index in [1.165, 1.54) is 27.8 Å². The number of pyridine rings is 1. The van der Waals surface area contributed by atoms with Crippen molar-refractivity contribution in [3.63, 3.8) is 0 Å². The summed E-state index contributed by atoms with van der Waals surface area (Å²) in [5, 5.41) is 4.78. The molecule has 2 N–H and O–H groups in total. The van der Waals surface area contributed by atoms with E-state index in [0.29, 0.717) is 45.0 Å². The van der Waals surface area contributed by atoms with Crippen LogP contribution in [-0.4, -0.2) is 68.3 Å². The van der Waals surface area contributed by atoms with Crippen LogP contribution in [0.4, 0.5) is 11.5 Å². The van der Waals surface area contributed by atoms with Crippen molar-refractivity contribution in [2.24, 2.45) is 7.05 Å². The molecule has 0 fully saturated rings. The molecule has 0 bridgehead atoms. The third-order valence-corrected chi connectivity index (χ3v) is 8.43. The van der Waals surface area contributed by atoms with Gasteiger partial charge in [-0.15, -0.1) is 0 Å². The normalized spacial score (nSPS) is 12.3. The number of aromatic nitrogens is 7. The molecule has 1 aromatic carbocycles. The summed E-state index contributed by atoms with van der Waals surface area (Å²) in [6, 6.07) is 6.86. The molecule has 0 unspecified atom stereocenters. The fourth-order valence-electron chi connectivity index (χ4n) is 3.91. The Balaban J connectivity index is 1.67. The maximum atomic E-state index is 10.8. The van der Waals surface area contributed by atoms with E-state index in [-0.39, 0.29) is 11.6 Å². The van der Waals surface area contributed by atoms with Crippen LogP contribution in [-0.2, 0) is 13.6 Å². The molecule has 5 rings (SSSR count). The fraction of sp³-hybridized carbons (Fsp3) is 0.208. The van der Waals surface area contributed by atoms with Gasteiger partial charge in [-0.2, -0.15) is 9.40 Å². The van der Waals surface area contributed by atoms with Crippen LogP contribution in [0.5, 0.6) is 5.75 Å². The molecule has 0 saturated carbocycles. The molecule has 0 spiro atoms. The van der Waals surface area contributed by atoms with E-state index in [0.717, 1.165) is 5.56 Å². The number of aryl methyl sites for hydroxylation is 1. The number of benzene rings is 1. The molecule has 0 amide bonds. The Morgan fingerprint density at radius 3 is 2.54 bits per heavy atom. The van der Waals surface area contributed by atoms with Gasteiger partial charge in [-0.1, -0.05) is 23.2 Å². The minimum Gasteiger partial charge on any atom is -0.495 e. The van der Waals surface area contributed by atoms with Gasteiger partial charge in [0.1, 0.15) is 27.9 Å². The van der Waals surface area contributed by atoms with Crippen molar-refractivity contribution < 1.29 is 13.8 Å². The quantitative estimate of drug-likeness (QED) is 0.247. The Bertz CT molecular complexity index is 1660. The van der Waals surface area contributed by atoms with Crippen LogP contribution in [0.15, 0.2) is 55.2 Å². The third kappa shape index (κ3) is 5.12. The summed E-state index contributed by atoms with van der Waals surface area (Å²) in [6.07, 6.45) is 8.18. The van der Waals surface area contributed by atoms with Crippen LogP contribution in [0.3, 0.4) is 0 Å². The Morgan fingerprint density at radius 2 is 1.85 bits per heavy atom. The van der Waals surface area contributed by atoms with Gasteiger partial charge in [-0.05, 0) is 35.2 Å². The molecule has 204 valence electrons. The van der Waals surface area contributed by atoms with E-state index in [2.05, 4.69) is 15.1 Å². The lowest BCUT2D eigenvalue weighted by molar-refractivity contribution is 0.400. The van der Waals surface area contributed by atoms with Gasteiger partial charge >= 0.3 is 0 Å². The van der Waals surface area contributed by atoms with Crippen LogP contribution in [0.25, 0.3) is 22.4 Å². The molecule has 4 aromatic heterocycles. The predicted octanol–water partition coefficient (Wildman–Crippen LogP) is 5.27.